The molecule has 0 aromatic carbocycles. The quantitative estimate of drug-likeness (QED) is 0.797. The Balaban J connectivity index is 3.14. The molecule has 0 spiro atoms. The van der Waals surface area contributed by atoms with E-state index in [1.54, 1.807) is 0 Å². The molecule has 1 aromatic rings. The minimum atomic E-state index is 0.602. The summed E-state index contributed by atoms with van der Waals surface area (Å²) in [5.74, 6) is 3.51. The summed E-state index contributed by atoms with van der Waals surface area (Å²) in [7, 11) is 6.14. The fourth-order valence-electron chi connectivity index (χ4n) is 2.30. The Hall–Kier alpha value is -1.36. The molecule has 21 heavy (non-hydrogen) atoms. The summed E-state index contributed by atoms with van der Waals surface area (Å²) in [6.45, 7) is 11.7. The Labute approximate surface area is 129 Å². The lowest BCUT2D eigenvalue weighted by Gasteiger charge is -2.29. The van der Waals surface area contributed by atoms with Gasteiger partial charge in [-0.25, -0.2) is 9.97 Å². The molecule has 0 amide bonds. The van der Waals surface area contributed by atoms with Crippen molar-refractivity contribution < 1.29 is 0 Å². The maximum atomic E-state index is 4.79. The Kier molecular flexibility index (Phi) is 6.89. The van der Waals surface area contributed by atoms with Crippen molar-refractivity contribution in [2.75, 3.05) is 51.0 Å². The van der Waals surface area contributed by atoms with Gasteiger partial charge in [0.05, 0.1) is 0 Å². The van der Waals surface area contributed by atoms with Crippen LogP contribution >= 0.6 is 0 Å². The SMILES string of the molecule is CCc1nc(NC)c(C)c(N(CCN(C)C)CC(C)C)n1. The first kappa shape index (κ1) is 17.7. The van der Waals surface area contributed by atoms with Crippen molar-refractivity contribution in [1.82, 2.24) is 14.9 Å². The van der Waals surface area contributed by atoms with Gasteiger partial charge >= 0.3 is 0 Å². The fourth-order valence-corrected chi connectivity index (χ4v) is 2.30. The summed E-state index contributed by atoms with van der Waals surface area (Å²) < 4.78 is 0. The molecular weight excluding hydrogens is 262 g/mol. The molecule has 5 heteroatoms. The molecule has 1 aromatic heterocycles. The van der Waals surface area contributed by atoms with Gasteiger partial charge in [-0.2, -0.15) is 0 Å². The largest absolute Gasteiger partial charge is 0.373 e. The Morgan fingerprint density at radius 1 is 1.14 bits per heavy atom. The van der Waals surface area contributed by atoms with Gasteiger partial charge in [0.1, 0.15) is 17.5 Å². The standard InChI is InChI=1S/C16H31N5/c1-8-14-18-15(17-5)13(4)16(19-14)21(11-12(2)3)10-9-20(6)7/h12H,8-11H2,1-7H3,(H,17,18,19). The number of nitrogens with zero attached hydrogens (tertiary/aromatic N) is 4. The van der Waals surface area contributed by atoms with Crippen molar-refractivity contribution in [2.45, 2.75) is 34.1 Å². The van der Waals surface area contributed by atoms with E-state index in [4.69, 9.17) is 4.98 Å². The van der Waals surface area contributed by atoms with Crippen molar-refractivity contribution in [3.63, 3.8) is 0 Å². The molecule has 0 bridgehead atoms. The highest BCUT2D eigenvalue weighted by Crippen LogP contribution is 2.24. The second-order valence-corrected chi connectivity index (χ2v) is 6.18. The lowest BCUT2D eigenvalue weighted by Crippen LogP contribution is -2.35. The van der Waals surface area contributed by atoms with Crippen molar-refractivity contribution in [3.8, 4) is 0 Å². The molecule has 0 aliphatic carbocycles. The maximum Gasteiger partial charge on any atom is 0.137 e. The summed E-state index contributed by atoms with van der Waals surface area (Å²) in [6.07, 6.45) is 0.852. The van der Waals surface area contributed by atoms with Crippen LogP contribution < -0.4 is 10.2 Å². The summed E-state index contributed by atoms with van der Waals surface area (Å²) in [6, 6.07) is 0. The first-order valence-corrected chi connectivity index (χ1v) is 7.83. The molecule has 5 nitrogen and oxygen atoms in total. The molecule has 1 N–H and O–H groups in total. The molecule has 120 valence electrons. The summed E-state index contributed by atoms with van der Waals surface area (Å²) in [5, 5.41) is 3.20. The minimum absolute atomic E-state index is 0.602. The van der Waals surface area contributed by atoms with Gasteiger partial charge in [-0.3, -0.25) is 0 Å². The monoisotopic (exact) mass is 293 g/mol. The van der Waals surface area contributed by atoms with Crippen LogP contribution in [0.5, 0.6) is 0 Å². The molecule has 0 aliphatic rings. The van der Waals surface area contributed by atoms with Gasteiger partial charge in [0, 0.05) is 38.7 Å². The van der Waals surface area contributed by atoms with Crippen LogP contribution in [-0.4, -0.2) is 55.6 Å². The highest BCUT2D eigenvalue weighted by molar-refractivity contribution is 5.58. The van der Waals surface area contributed by atoms with Gasteiger partial charge in [0.15, 0.2) is 0 Å². The second-order valence-electron chi connectivity index (χ2n) is 6.18. The third-order valence-electron chi connectivity index (χ3n) is 3.42. The van der Waals surface area contributed by atoms with Gasteiger partial charge in [-0.1, -0.05) is 20.8 Å². The van der Waals surface area contributed by atoms with Gasteiger partial charge in [0.25, 0.3) is 0 Å². The summed E-state index contributed by atoms with van der Waals surface area (Å²) in [4.78, 5) is 14.0. The average Bonchev–Trinajstić information content (AvgIpc) is 2.43. The number of likely N-dealkylation sites (N-methyl/N-ethyl adjacent to an activating group) is 1. The van der Waals surface area contributed by atoms with Crippen molar-refractivity contribution in [2.24, 2.45) is 5.92 Å². The van der Waals surface area contributed by atoms with Gasteiger partial charge < -0.3 is 15.1 Å². The van der Waals surface area contributed by atoms with Crippen LogP contribution in [0.2, 0.25) is 0 Å². The van der Waals surface area contributed by atoms with Crippen LogP contribution in [-0.2, 0) is 6.42 Å². The molecule has 1 rings (SSSR count). The van der Waals surface area contributed by atoms with E-state index in [0.717, 1.165) is 49.1 Å². The summed E-state index contributed by atoms with van der Waals surface area (Å²) >= 11 is 0. The fraction of sp³-hybridized carbons (Fsp3) is 0.750. The molecule has 1 heterocycles. The molecule has 0 fully saturated rings. The average molecular weight is 293 g/mol. The van der Waals surface area contributed by atoms with E-state index in [1.807, 2.05) is 7.05 Å². The number of rotatable bonds is 8. The topological polar surface area (TPSA) is 44.3 Å². The van der Waals surface area contributed by atoms with Gasteiger partial charge in [-0.05, 0) is 26.9 Å². The Morgan fingerprint density at radius 2 is 1.81 bits per heavy atom. The van der Waals surface area contributed by atoms with E-state index in [1.165, 1.54) is 0 Å². The van der Waals surface area contributed by atoms with Crippen molar-refractivity contribution in [3.05, 3.63) is 11.4 Å². The van der Waals surface area contributed by atoms with Crippen molar-refractivity contribution in [1.29, 1.82) is 0 Å². The van der Waals surface area contributed by atoms with E-state index in [9.17, 15) is 0 Å². The molecule has 0 aliphatic heterocycles. The first-order chi connectivity index (χ1) is 9.88. The number of hydrogen-bond donors (Lipinski definition) is 1. The first-order valence-electron chi connectivity index (χ1n) is 7.83. The normalized spacial score (nSPS) is 11.3. The van der Waals surface area contributed by atoms with E-state index in [0.29, 0.717) is 5.92 Å². The summed E-state index contributed by atoms with van der Waals surface area (Å²) in [5.41, 5.74) is 1.13. The van der Waals surface area contributed by atoms with Crippen LogP contribution in [0.15, 0.2) is 0 Å². The van der Waals surface area contributed by atoms with Crippen LogP contribution in [0.1, 0.15) is 32.2 Å². The smallest absolute Gasteiger partial charge is 0.137 e. The van der Waals surface area contributed by atoms with Crippen LogP contribution in [0, 0.1) is 12.8 Å². The third kappa shape index (κ3) is 5.16. The van der Waals surface area contributed by atoms with Crippen molar-refractivity contribution >= 4 is 11.6 Å². The number of nitrogens with one attached hydrogen (secondary N) is 1. The number of hydrogen-bond acceptors (Lipinski definition) is 5. The molecular formula is C16H31N5. The maximum absolute atomic E-state index is 4.79. The lowest BCUT2D eigenvalue weighted by molar-refractivity contribution is 0.408. The Bertz CT molecular complexity index is 443. The highest BCUT2D eigenvalue weighted by atomic mass is 15.2. The second kappa shape index (κ2) is 8.17. The number of aryl methyl sites for hydroxylation is 1. The third-order valence-corrected chi connectivity index (χ3v) is 3.42. The molecule has 0 unspecified atom stereocenters. The molecule has 0 saturated carbocycles. The predicted molar refractivity (Wildman–Crippen MR) is 91.3 cm³/mol. The number of anilines is 2. The van der Waals surface area contributed by atoms with Crippen LogP contribution in [0.25, 0.3) is 0 Å². The zero-order valence-corrected chi connectivity index (χ0v) is 14.7. The van der Waals surface area contributed by atoms with E-state index < -0.39 is 0 Å². The number of aromatic nitrogens is 2. The van der Waals surface area contributed by atoms with E-state index in [2.05, 4.69) is 61.9 Å². The van der Waals surface area contributed by atoms with Crippen LogP contribution in [0.4, 0.5) is 11.6 Å². The zero-order valence-electron chi connectivity index (χ0n) is 14.7. The predicted octanol–water partition coefficient (Wildman–Crippen LogP) is 2.41. The van der Waals surface area contributed by atoms with E-state index in [-0.39, 0.29) is 0 Å². The molecule has 0 atom stereocenters. The zero-order chi connectivity index (χ0) is 16.0. The minimum Gasteiger partial charge on any atom is -0.373 e. The van der Waals surface area contributed by atoms with Gasteiger partial charge in [-0.15, -0.1) is 0 Å². The molecule has 0 saturated heterocycles. The molecule has 0 radical (unpaired) electrons. The highest BCUT2D eigenvalue weighted by Gasteiger charge is 2.17. The van der Waals surface area contributed by atoms with E-state index >= 15 is 0 Å². The lowest BCUT2D eigenvalue weighted by atomic mass is 10.2. The van der Waals surface area contributed by atoms with Gasteiger partial charge in [0.2, 0.25) is 0 Å². The Morgan fingerprint density at radius 3 is 2.29 bits per heavy atom. The van der Waals surface area contributed by atoms with Crippen LogP contribution in [0.3, 0.4) is 0 Å².